The first kappa shape index (κ1) is 11.6. The van der Waals surface area contributed by atoms with Gasteiger partial charge in [0.1, 0.15) is 0 Å². The van der Waals surface area contributed by atoms with E-state index in [4.69, 9.17) is 11.6 Å². The fourth-order valence-corrected chi connectivity index (χ4v) is 3.08. The van der Waals surface area contributed by atoms with Crippen molar-refractivity contribution in [3.63, 3.8) is 0 Å². The van der Waals surface area contributed by atoms with Crippen LogP contribution in [0.4, 0.5) is 0 Å². The van der Waals surface area contributed by atoms with Crippen LogP contribution in [0.25, 0.3) is 0 Å². The third-order valence-corrected chi connectivity index (χ3v) is 4.31. The van der Waals surface area contributed by atoms with E-state index in [-0.39, 0.29) is 5.38 Å². The fourth-order valence-electron chi connectivity index (χ4n) is 1.70. The SMILES string of the molecule is Cc1cccnc1CC(Cl)c1sccc1C. The lowest BCUT2D eigenvalue weighted by atomic mass is 10.1. The maximum Gasteiger partial charge on any atom is 0.0736 e. The molecule has 0 N–H and O–H groups in total. The number of nitrogens with zero attached hydrogens (tertiary/aromatic N) is 1. The molecule has 2 aromatic rings. The predicted octanol–water partition coefficient (Wildman–Crippen LogP) is 4.28. The van der Waals surface area contributed by atoms with Crippen molar-refractivity contribution in [2.45, 2.75) is 25.6 Å². The molecule has 84 valence electrons. The highest BCUT2D eigenvalue weighted by molar-refractivity contribution is 7.10. The van der Waals surface area contributed by atoms with Crippen molar-refractivity contribution in [2.75, 3.05) is 0 Å². The van der Waals surface area contributed by atoms with E-state index >= 15 is 0 Å². The molecule has 1 atom stereocenters. The quantitative estimate of drug-likeness (QED) is 0.742. The molecule has 16 heavy (non-hydrogen) atoms. The van der Waals surface area contributed by atoms with Crippen LogP contribution < -0.4 is 0 Å². The molecular weight excluding hydrogens is 238 g/mol. The minimum atomic E-state index is 0.0357. The second-order valence-electron chi connectivity index (χ2n) is 3.91. The summed E-state index contributed by atoms with van der Waals surface area (Å²) < 4.78 is 0. The van der Waals surface area contributed by atoms with Crippen LogP contribution in [0.5, 0.6) is 0 Å². The molecular formula is C13H14ClNS. The molecule has 0 aliphatic heterocycles. The molecule has 0 radical (unpaired) electrons. The van der Waals surface area contributed by atoms with E-state index < -0.39 is 0 Å². The second kappa shape index (κ2) is 4.98. The van der Waals surface area contributed by atoms with Crippen LogP contribution in [0.1, 0.15) is 27.1 Å². The minimum Gasteiger partial charge on any atom is -0.261 e. The highest BCUT2D eigenvalue weighted by Gasteiger charge is 2.14. The number of aryl methyl sites for hydroxylation is 2. The van der Waals surface area contributed by atoms with E-state index in [0.29, 0.717) is 0 Å². The molecule has 0 bridgehead atoms. The van der Waals surface area contributed by atoms with Crippen LogP contribution >= 0.6 is 22.9 Å². The first-order chi connectivity index (χ1) is 7.68. The molecule has 2 heterocycles. The Bertz CT molecular complexity index is 478. The van der Waals surface area contributed by atoms with E-state index in [1.807, 2.05) is 12.3 Å². The van der Waals surface area contributed by atoms with Gasteiger partial charge in [-0.25, -0.2) is 0 Å². The van der Waals surface area contributed by atoms with Crippen molar-refractivity contribution in [1.82, 2.24) is 4.98 Å². The molecule has 0 fully saturated rings. The zero-order valence-corrected chi connectivity index (χ0v) is 11.0. The van der Waals surface area contributed by atoms with E-state index in [1.54, 1.807) is 11.3 Å². The summed E-state index contributed by atoms with van der Waals surface area (Å²) in [5, 5.41) is 2.12. The number of aromatic nitrogens is 1. The lowest BCUT2D eigenvalue weighted by Crippen LogP contribution is -1.99. The summed E-state index contributed by atoms with van der Waals surface area (Å²) in [5.74, 6) is 0. The molecule has 0 aliphatic carbocycles. The Hall–Kier alpha value is -0.860. The van der Waals surface area contributed by atoms with Crippen molar-refractivity contribution in [3.05, 3.63) is 51.5 Å². The van der Waals surface area contributed by atoms with Crippen LogP contribution in [0.3, 0.4) is 0 Å². The number of alkyl halides is 1. The molecule has 1 nitrogen and oxygen atoms in total. The van der Waals surface area contributed by atoms with Gasteiger partial charge in [0.25, 0.3) is 0 Å². The Morgan fingerprint density at radius 2 is 2.12 bits per heavy atom. The highest BCUT2D eigenvalue weighted by Crippen LogP contribution is 2.31. The standard InChI is InChI=1S/C13H14ClNS/c1-9-4-3-6-15-12(9)8-11(14)13-10(2)5-7-16-13/h3-7,11H,8H2,1-2H3. The Balaban J connectivity index is 2.17. The van der Waals surface area contributed by atoms with Crippen LogP contribution in [0.2, 0.25) is 0 Å². The number of hydrogen-bond donors (Lipinski definition) is 0. The molecule has 3 heteroatoms. The third-order valence-electron chi connectivity index (χ3n) is 2.68. The summed E-state index contributed by atoms with van der Waals surface area (Å²) >= 11 is 8.15. The number of rotatable bonds is 3. The molecule has 0 spiro atoms. The Morgan fingerprint density at radius 1 is 1.31 bits per heavy atom. The average molecular weight is 252 g/mol. The van der Waals surface area contributed by atoms with E-state index in [9.17, 15) is 0 Å². The van der Waals surface area contributed by atoms with Gasteiger partial charge in [0.05, 0.1) is 5.38 Å². The van der Waals surface area contributed by atoms with Gasteiger partial charge >= 0.3 is 0 Å². The Kier molecular flexibility index (Phi) is 3.62. The number of halogens is 1. The molecule has 0 saturated carbocycles. The lowest BCUT2D eigenvalue weighted by molar-refractivity contribution is 0.878. The zero-order valence-electron chi connectivity index (χ0n) is 9.40. The van der Waals surface area contributed by atoms with E-state index in [1.165, 1.54) is 16.0 Å². The van der Waals surface area contributed by atoms with Gasteiger partial charge in [-0.15, -0.1) is 22.9 Å². The van der Waals surface area contributed by atoms with Crippen molar-refractivity contribution < 1.29 is 0 Å². The molecule has 0 saturated heterocycles. The van der Waals surface area contributed by atoms with Crippen molar-refractivity contribution in [2.24, 2.45) is 0 Å². The van der Waals surface area contributed by atoms with Crippen LogP contribution in [-0.4, -0.2) is 4.98 Å². The molecule has 0 amide bonds. The first-order valence-electron chi connectivity index (χ1n) is 5.27. The minimum absolute atomic E-state index is 0.0357. The number of pyridine rings is 1. The summed E-state index contributed by atoms with van der Waals surface area (Å²) in [6, 6.07) is 6.15. The second-order valence-corrected chi connectivity index (χ2v) is 5.38. The fraction of sp³-hybridized carbons (Fsp3) is 0.308. The Morgan fingerprint density at radius 3 is 2.75 bits per heavy atom. The molecule has 1 unspecified atom stereocenters. The summed E-state index contributed by atoms with van der Waals surface area (Å²) in [4.78, 5) is 5.63. The van der Waals surface area contributed by atoms with Gasteiger partial charge in [-0.3, -0.25) is 4.98 Å². The first-order valence-corrected chi connectivity index (χ1v) is 6.58. The van der Waals surface area contributed by atoms with Gasteiger partial charge in [-0.05, 0) is 42.5 Å². The highest BCUT2D eigenvalue weighted by atomic mass is 35.5. The molecule has 0 aliphatic rings. The van der Waals surface area contributed by atoms with Crippen molar-refractivity contribution in [3.8, 4) is 0 Å². The van der Waals surface area contributed by atoms with Gasteiger partial charge in [0.2, 0.25) is 0 Å². The smallest absolute Gasteiger partial charge is 0.0736 e. The van der Waals surface area contributed by atoms with Crippen molar-refractivity contribution >= 4 is 22.9 Å². The number of thiophene rings is 1. The van der Waals surface area contributed by atoms with Gasteiger partial charge in [0, 0.05) is 23.2 Å². The molecule has 0 aromatic carbocycles. The molecule has 2 aromatic heterocycles. The van der Waals surface area contributed by atoms with Gasteiger partial charge in [0.15, 0.2) is 0 Å². The largest absolute Gasteiger partial charge is 0.261 e. The maximum absolute atomic E-state index is 6.43. The van der Waals surface area contributed by atoms with E-state index in [2.05, 4.69) is 36.3 Å². The van der Waals surface area contributed by atoms with Gasteiger partial charge < -0.3 is 0 Å². The van der Waals surface area contributed by atoms with Crippen molar-refractivity contribution in [1.29, 1.82) is 0 Å². The van der Waals surface area contributed by atoms with Gasteiger partial charge in [-0.1, -0.05) is 6.07 Å². The third kappa shape index (κ3) is 2.45. The summed E-state index contributed by atoms with van der Waals surface area (Å²) in [6.45, 7) is 4.18. The summed E-state index contributed by atoms with van der Waals surface area (Å²) in [7, 11) is 0. The topological polar surface area (TPSA) is 12.9 Å². The van der Waals surface area contributed by atoms with Crippen LogP contribution in [0.15, 0.2) is 29.8 Å². The lowest BCUT2D eigenvalue weighted by Gasteiger charge is -2.10. The monoisotopic (exact) mass is 251 g/mol. The number of hydrogen-bond acceptors (Lipinski definition) is 2. The molecule has 2 rings (SSSR count). The normalized spacial score (nSPS) is 12.7. The average Bonchev–Trinajstić information content (AvgIpc) is 2.68. The predicted molar refractivity (Wildman–Crippen MR) is 70.3 cm³/mol. The maximum atomic E-state index is 6.43. The van der Waals surface area contributed by atoms with E-state index in [0.717, 1.165) is 12.1 Å². The van der Waals surface area contributed by atoms with Gasteiger partial charge in [-0.2, -0.15) is 0 Å². The Labute approximate surface area is 105 Å². The zero-order chi connectivity index (χ0) is 11.5. The summed E-state index contributed by atoms with van der Waals surface area (Å²) in [6.07, 6.45) is 2.63. The van der Waals surface area contributed by atoms with Crippen LogP contribution in [-0.2, 0) is 6.42 Å². The summed E-state index contributed by atoms with van der Waals surface area (Å²) in [5.41, 5.74) is 3.58. The van der Waals surface area contributed by atoms with Crippen LogP contribution in [0, 0.1) is 13.8 Å².